The molecule has 1 aliphatic heterocycles. The van der Waals surface area contributed by atoms with E-state index in [1.165, 1.54) is 0 Å². The van der Waals surface area contributed by atoms with Gasteiger partial charge in [0.2, 0.25) is 0 Å². The van der Waals surface area contributed by atoms with Crippen LogP contribution in [0.4, 0.5) is 10.5 Å². The van der Waals surface area contributed by atoms with E-state index in [1.54, 1.807) is 11.0 Å². The highest BCUT2D eigenvalue weighted by Gasteiger charge is 2.35. The molecule has 3 rings (SSSR count). The second-order valence-corrected chi connectivity index (χ2v) is 6.76. The summed E-state index contributed by atoms with van der Waals surface area (Å²) in [6.07, 6.45) is 0.718. The molecule has 1 heterocycles. The molecule has 2 aromatic carbocycles. The van der Waals surface area contributed by atoms with Crippen molar-refractivity contribution in [2.75, 3.05) is 9.33 Å². The highest BCUT2D eigenvalue weighted by molar-refractivity contribution is 14.1. The van der Waals surface area contributed by atoms with Crippen molar-refractivity contribution in [3.05, 3.63) is 65.7 Å². The number of alkyl halides is 1. The maximum atomic E-state index is 12.7. The van der Waals surface area contributed by atoms with E-state index in [0.717, 1.165) is 16.4 Å². The Morgan fingerprint density at radius 3 is 2.58 bits per heavy atom. The summed E-state index contributed by atoms with van der Waals surface area (Å²) in [5.74, 6) is 0.0903. The van der Waals surface area contributed by atoms with Gasteiger partial charge in [-0.05, 0) is 24.1 Å². The normalized spacial score (nSPS) is 16.6. The Hall–Kier alpha value is -1.89. The van der Waals surface area contributed by atoms with E-state index in [0.29, 0.717) is 17.7 Å². The van der Waals surface area contributed by atoms with E-state index in [-0.39, 0.29) is 18.4 Å². The number of ketones is 1. The van der Waals surface area contributed by atoms with Crippen LogP contribution in [-0.4, -0.2) is 22.3 Å². The lowest BCUT2D eigenvalue weighted by Crippen LogP contribution is -2.46. The van der Waals surface area contributed by atoms with Crippen LogP contribution in [0.5, 0.6) is 0 Å². The summed E-state index contributed by atoms with van der Waals surface area (Å²) in [4.78, 5) is 26.7. The molecule has 0 spiro atoms. The van der Waals surface area contributed by atoms with E-state index in [2.05, 4.69) is 22.6 Å². The number of para-hydroxylation sites is 1. The Morgan fingerprint density at radius 2 is 1.83 bits per heavy atom. The zero-order valence-electron chi connectivity index (χ0n) is 13.2. The van der Waals surface area contributed by atoms with Crippen LogP contribution in [0, 0.1) is 0 Å². The van der Waals surface area contributed by atoms with Gasteiger partial charge in [-0.2, -0.15) is 0 Å². The standard InChI is InChI=1S/C19H18INO3/c20-11-10-15-12-18(22)16-8-4-5-9-17(16)21(15)19(23)24-13-14-6-2-1-3-7-14/h1-9,15H,10-13H2. The van der Waals surface area contributed by atoms with Crippen LogP contribution in [0.25, 0.3) is 0 Å². The first-order valence-corrected chi connectivity index (χ1v) is 9.41. The quantitative estimate of drug-likeness (QED) is 0.521. The van der Waals surface area contributed by atoms with Gasteiger partial charge >= 0.3 is 6.09 Å². The minimum absolute atomic E-state index is 0.0903. The van der Waals surface area contributed by atoms with E-state index in [4.69, 9.17) is 4.74 Å². The molecule has 0 saturated heterocycles. The van der Waals surface area contributed by atoms with Crippen LogP contribution in [-0.2, 0) is 11.3 Å². The maximum Gasteiger partial charge on any atom is 0.414 e. The number of amides is 1. The molecule has 0 aliphatic carbocycles. The van der Waals surface area contributed by atoms with Gasteiger partial charge in [-0.15, -0.1) is 0 Å². The summed E-state index contributed by atoms with van der Waals surface area (Å²) in [6, 6.07) is 16.7. The molecule has 124 valence electrons. The Bertz CT molecular complexity index is 732. The lowest BCUT2D eigenvalue weighted by atomic mass is 9.93. The highest BCUT2D eigenvalue weighted by Crippen LogP contribution is 2.32. The number of Topliss-reactive ketones (excluding diaryl/α,β-unsaturated/α-hetero) is 1. The molecule has 2 aromatic rings. The average molecular weight is 435 g/mol. The van der Waals surface area contributed by atoms with E-state index in [1.807, 2.05) is 48.5 Å². The van der Waals surface area contributed by atoms with Crippen LogP contribution in [0.2, 0.25) is 0 Å². The van der Waals surface area contributed by atoms with E-state index in [9.17, 15) is 9.59 Å². The number of hydrogen-bond acceptors (Lipinski definition) is 3. The monoisotopic (exact) mass is 435 g/mol. The third kappa shape index (κ3) is 3.61. The first kappa shape index (κ1) is 17.0. The van der Waals surface area contributed by atoms with Crippen molar-refractivity contribution < 1.29 is 14.3 Å². The molecule has 0 fully saturated rings. The summed E-state index contributed by atoms with van der Waals surface area (Å²) < 4.78 is 6.38. The molecular formula is C19H18INO3. The average Bonchev–Trinajstić information content (AvgIpc) is 2.61. The van der Waals surface area contributed by atoms with Crippen molar-refractivity contribution >= 4 is 40.2 Å². The van der Waals surface area contributed by atoms with Crippen molar-refractivity contribution in [1.82, 2.24) is 0 Å². The zero-order chi connectivity index (χ0) is 16.9. The molecule has 1 unspecified atom stereocenters. The maximum absolute atomic E-state index is 12.7. The van der Waals surface area contributed by atoms with E-state index < -0.39 is 6.09 Å². The number of fused-ring (bicyclic) bond motifs is 1. The molecule has 5 heteroatoms. The number of halogens is 1. The molecule has 1 atom stereocenters. The fraction of sp³-hybridized carbons (Fsp3) is 0.263. The van der Waals surface area contributed by atoms with Gasteiger partial charge in [0, 0.05) is 22.5 Å². The first-order valence-electron chi connectivity index (χ1n) is 7.89. The van der Waals surface area contributed by atoms with E-state index >= 15 is 0 Å². The van der Waals surface area contributed by atoms with Gasteiger partial charge < -0.3 is 4.74 Å². The zero-order valence-corrected chi connectivity index (χ0v) is 15.3. The van der Waals surface area contributed by atoms with Crippen LogP contribution >= 0.6 is 22.6 Å². The number of ether oxygens (including phenoxy) is 1. The van der Waals surface area contributed by atoms with Gasteiger partial charge in [-0.3, -0.25) is 9.69 Å². The van der Waals surface area contributed by atoms with Crippen LogP contribution in [0.1, 0.15) is 28.8 Å². The smallest absolute Gasteiger partial charge is 0.414 e. The topological polar surface area (TPSA) is 46.6 Å². The minimum Gasteiger partial charge on any atom is -0.444 e. The van der Waals surface area contributed by atoms with Crippen LogP contribution in [0.15, 0.2) is 54.6 Å². The summed E-state index contributed by atoms with van der Waals surface area (Å²) in [5, 5.41) is 0. The van der Waals surface area contributed by atoms with Crippen molar-refractivity contribution in [3.63, 3.8) is 0 Å². The molecule has 0 N–H and O–H groups in total. The van der Waals surface area contributed by atoms with Crippen LogP contribution in [0.3, 0.4) is 0 Å². The van der Waals surface area contributed by atoms with Gasteiger partial charge in [0.15, 0.2) is 5.78 Å². The summed E-state index contributed by atoms with van der Waals surface area (Å²) in [7, 11) is 0. The molecule has 0 bridgehead atoms. The first-order chi connectivity index (χ1) is 11.7. The Kier molecular flexibility index (Phi) is 5.50. The molecule has 0 aromatic heterocycles. The van der Waals surface area contributed by atoms with Gasteiger partial charge in [0.05, 0.1) is 5.69 Å². The Morgan fingerprint density at radius 1 is 1.12 bits per heavy atom. The fourth-order valence-electron chi connectivity index (χ4n) is 2.92. The SMILES string of the molecule is O=C1CC(CCI)N(C(=O)OCc2ccccc2)c2ccccc21. The van der Waals surface area contributed by atoms with Gasteiger partial charge in [0.25, 0.3) is 0 Å². The Labute approximate surface area is 154 Å². The predicted molar refractivity (Wildman–Crippen MR) is 102 cm³/mol. The molecule has 0 saturated carbocycles. The highest BCUT2D eigenvalue weighted by atomic mass is 127. The van der Waals surface area contributed by atoms with Gasteiger partial charge in [0.1, 0.15) is 6.61 Å². The second-order valence-electron chi connectivity index (χ2n) is 5.69. The van der Waals surface area contributed by atoms with Crippen LogP contribution < -0.4 is 4.90 Å². The molecule has 4 nitrogen and oxygen atoms in total. The third-order valence-corrected chi connectivity index (χ3v) is 4.72. The van der Waals surface area contributed by atoms with Crippen molar-refractivity contribution in [2.24, 2.45) is 0 Å². The number of carbonyl (C=O) groups excluding carboxylic acids is 2. The number of carbonyl (C=O) groups is 2. The number of rotatable bonds is 4. The number of nitrogens with zero attached hydrogens (tertiary/aromatic N) is 1. The summed E-state index contributed by atoms with van der Waals surface area (Å²) in [5.41, 5.74) is 2.19. The van der Waals surface area contributed by atoms with Gasteiger partial charge in [-0.1, -0.05) is 65.1 Å². The second kappa shape index (κ2) is 7.79. The predicted octanol–water partition coefficient (Wildman–Crippen LogP) is 4.61. The summed E-state index contributed by atoms with van der Waals surface area (Å²) in [6.45, 7) is 0.225. The molecule has 0 radical (unpaired) electrons. The largest absolute Gasteiger partial charge is 0.444 e. The number of benzene rings is 2. The lowest BCUT2D eigenvalue weighted by molar-refractivity contribution is 0.0960. The Balaban J connectivity index is 1.83. The summed E-state index contributed by atoms with van der Waals surface area (Å²) >= 11 is 2.27. The third-order valence-electron chi connectivity index (χ3n) is 4.09. The molecular weight excluding hydrogens is 417 g/mol. The molecule has 1 amide bonds. The fourth-order valence-corrected chi connectivity index (χ4v) is 3.64. The number of hydrogen-bond donors (Lipinski definition) is 0. The minimum atomic E-state index is -0.395. The number of anilines is 1. The lowest BCUT2D eigenvalue weighted by Gasteiger charge is -2.35. The van der Waals surface area contributed by atoms with Crippen molar-refractivity contribution in [3.8, 4) is 0 Å². The van der Waals surface area contributed by atoms with Crippen molar-refractivity contribution in [2.45, 2.75) is 25.5 Å². The van der Waals surface area contributed by atoms with Crippen molar-refractivity contribution in [1.29, 1.82) is 0 Å². The molecule has 24 heavy (non-hydrogen) atoms. The molecule has 1 aliphatic rings. The van der Waals surface area contributed by atoms with Gasteiger partial charge in [-0.25, -0.2) is 4.79 Å².